The Hall–Kier alpha value is -1.53. The van der Waals surface area contributed by atoms with Crippen molar-refractivity contribution in [3.05, 3.63) is 29.8 Å². The van der Waals surface area contributed by atoms with Gasteiger partial charge in [0.1, 0.15) is 5.54 Å². The Morgan fingerprint density at radius 2 is 1.95 bits per heavy atom. The molecule has 0 atom stereocenters. The molecule has 1 amide bonds. The van der Waals surface area contributed by atoms with Gasteiger partial charge in [-0.25, -0.2) is 4.79 Å². The fourth-order valence-corrected chi connectivity index (χ4v) is 2.82. The van der Waals surface area contributed by atoms with Crippen molar-refractivity contribution in [1.82, 2.24) is 5.32 Å². The monoisotopic (exact) mass is 295 g/mol. The molecule has 5 nitrogen and oxygen atoms in total. The van der Waals surface area contributed by atoms with E-state index < -0.39 is 11.5 Å². The molecule has 1 fully saturated rings. The van der Waals surface area contributed by atoms with Crippen molar-refractivity contribution in [2.45, 2.75) is 23.3 Å². The van der Waals surface area contributed by atoms with Crippen molar-refractivity contribution in [3.63, 3.8) is 0 Å². The molecule has 0 spiro atoms. The van der Waals surface area contributed by atoms with E-state index in [0.717, 1.165) is 4.90 Å². The third-order valence-electron chi connectivity index (χ3n) is 3.46. The average molecular weight is 295 g/mol. The standard InChI is InChI=1S/C14H17NO4S/c1-20-11-5-3-2-4-10(11)12(16)15-14(13(17)18)6-8-19-9-7-14/h2-5H,6-9H2,1H3,(H,15,16)(H,17,18). The molecule has 108 valence electrons. The van der Waals surface area contributed by atoms with Gasteiger partial charge < -0.3 is 15.2 Å². The molecule has 6 heteroatoms. The van der Waals surface area contributed by atoms with Crippen LogP contribution in [0.1, 0.15) is 23.2 Å². The van der Waals surface area contributed by atoms with Crippen molar-refractivity contribution < 1.29 is 19.4 Å². The first-order valence-corrected chi connectivity index (χ1v) is 7.58. The fourth-order valence-electron chi connectivity index (χ4n) is 2.23. The zero-order valence-corrected chi connectivity index (χ0v) is 12.0. The number of thioether (sulfide) groups is 1. The van der Waals surface area contributed by atoms with Crippen molar-refractivity contribution >= 4 is 23.6 Å². The largest absolute Gasteiger partial charge is 0.480 e. The zero-order valence-electron chi connectivity index (χ0n) is 11.2. The van der Waals surface area contributed by atoms with Crippen LogP contribution in [0.5, 0.6) is 0 Å². The molecule has 1 aliphatic rings. The van der Waals surface area contributed by atoms with Crippen molar-refractivity contribution in [2.24, 2.45) is 0 Å². The van der Waals surface area contributed by atoms with Gasteiger partial charge >= 0.3 is 5.97 Å². The minimum atomic E-state index is -1.22. The first-order chi connectivity index (χ1) is 9.59. The number of carbonyl (C=O) groups is 2. The van der Waals surface area contributed by atoms with Gasteiger partial charge in [-0.15, -0.1) is 11.8 Å². The predicted molar refractivity (Wildman–Crippen MR) is 76.1 cm³/mol. The highest BCUT2D eigenvalue weighted by atomic mass is 32.2. The van der Waals surface area contributed by atoms with E-state index >= 15 is 0 Å². The van der Waals surface area contributed by atoms with Gasteiger partial charge in [0.25, 0.3) is 5.91 Å². The molecule has 1 aliphatic heterocycles. The van der Waals surface area contributed by atoms with Crippen LogP contribution in [0.3, 0.4) is 0 Å². The van der Waals surface area contributed by atoms with Crippen molar-refractivity contribution in [1.29, 1.82) is 0 Å². The lowest BCUT2D eigenvalue weighted by Crippen LogP contribution is -2.57. The lowest BCUT2D eigenvalue weighted by atomic mass is 9.89. The van der Waals surface area contributed by atoms with E-state index in [1.807, 2.05) is 18.4 Å². The Balaban J connectivity index is 2.22. The molecule has 1 aromatic carbocycles. The third-order valence-corrected chi connectivity index (χ3v) is 4.26. The van der Waals surface area contributed by atoms with Gasteiger partial charge in [0.15, 0.2) is 0 Å². The van der Waals surface area contributed by atoms with E-state index in [0.29, 0.717) is 18.8 Å². The minimum absolute atomic E-state index is 0.287. The van der Waals surface area contributed by atoms with Crippen LogP contribution in [0.25, 0.3) is 0 Å². The second-order valence-corrected chi connectivity index (χ2v) is 5.50. The Bertz CT molecular complexity index is 512. The smallest absolute Gasteiger partial charge is 0.329 e. The molecule has 0 aliphatic carbocycles. The zero-order chi connectivity index (χ0) is 14.6. The Kier molecular flexibility index (Phi) is 4.67. The number of hydrogen-bond donors (Lipinski definition) is 2. The highest BCUT2D eigenvalue weighted by Gasteiger charge is 2.41. The van der Waals surface area contributed by atoms with Gasteiger partial charge in [0, 0.05) is 31.0 Å². The van der Waals surface area contributed by atoms with Crippen LogP contribution in [0.2, 0.25) is 0 Å². The SMILES string of the molecule is CSc1ccccc1C(=O)NC1(C(=O)O)CCOCC1. The van der Waals surface area contributed by atoms with E-state index in [1.54, 1.807) is 12.1 Å². The van der Waals surface area contributed by atoms with Gasteiger partial charge in [-0.1, -0.05) is 12.1 Å². The number of carbonyl (C=O) groups excluding carboxylic acids is 1. The molecule has 1 saturated heterocycles. The maximum absolute atomic E-state index is 12.4. The maximum Gasteiger partial charge on any atom is 0.329 e. The molecule has 0 bridgehead atoms. The van der Waals surface area contributed by atoms with Gasteiger partial charge in [-0.05, 0) is 18.4 Å². The minimum Gasteiger partial charge on any atom is -0.480 e. The first kappa shape index (κ1) is 14.9. The average Bonchev–Trinajstić information content (AvgIpc) is 2.48. The molecule has 1 aromatic rings. The Labute approximate surface area is 121 Å². The van der Waals surface area contributed by atoms with Crippen LogP contribution in [-0.2, 0) is 9.53 Å². The van der Waals surface area contributed by atoms with Gasteiger partial charge in [-0.2, -0.15) is 0 Å². The summed E-state index contributed by atoms with van der Waals surface area (Å²) < 4.78 is 5.19. The maximum atomic E-state index is 12.4. The lowest BCUT2D eigenvalue weighted by molar-refractivity contribution is -0.148. The van der Waals surface area contributed by atoms with Crippen LogP contribution in [0, 0.1) is 0 Å². The summed E-state index contributed by atoms with van der Waals surface area (Å²) in [5, 5.41) is 12.1. The van der Waals surface area contributed by atoms with Gasteiger partial charge in [-0.3, -0.25) is 4.79 Å². The number of benzene rings is 1. The van der Waals surface area contributed by atoms with E-state index in [4.69, 9.17) is 4.74 Å². The molecule has 0 aromatic heterocycles. The molecular weight excluding hydrogens is 278 g/mol. The molecule has 20 heavy (non-hydrogen) atoms. The summed E-state index contributed by atoms with van der Waals surface area (Å²) in [4.78, 5) is 24.7. The second-order valence-electron chi connectivity index (χ2n) is 4.65. The summed E-state index contributed by atoms with van der Waals surface area (Å²) in [6.45, 7) is 0.688. The highest BCUT2D eigenvalue weighted by Crippen LogP contribution is 2.24. The third kappa shape index (κ3) is 2.96. The highest BCUT2D eigenvalue weighted by molar-refractivity contribution is 7.98. The number of amides is 1. The van der Waals surface area contributed by atoms with E-state index in [1.165, 1.54) is 11.8 Å². The quantitative estimate of drug-likeness (QED) is 0.828. The summed E-state index contributed by atoms with van der Waals surface area (Å²) >= 11 is 1.46. The van der Waals surface area contributed by atoms with E-state index in [2.05, 4.69) is 5.32 Å². The Morgan fingerprint density at radius 3 is 2.55 bits per heavy atom. The number of ether oxygens (including phenoxy) is 1. The first-order valence-electron chi connectivity index (χ1n) is 6.36. The summed E-state index contributed by atoms with van der Waals surface area (Å²) in [5.74, 6) is -1.35. The molecule has 0 radical (unpaired) electrons. The van der Waals surface area contributed by atoms with Crippen molar-refractivity contribution in [2.75, 3.05) is 19.5 Å². The molecule has 2 N–H and O–H groups in total. The fraction of sp³-hybridized carbons (Fsp3) is 0.429. The number of nitrogens with one attached hydrogen (secondary N) is 1. The molecular formula is C14H17NO4S. The lowest BCUT2D eigenvalue weighted by Gasteiger charge is -2.34. The number of rotatable bonds is 4. The second kappa shape index (κ2) is 6.28. The summed E-state index contributed by atoms with van der Waals surface area (Å²) in [6.07, 6.45) is 2.46. The number of carboxylic acid groups (broad SMARTS) is 1. The van der Waals surface area contributed by atoms with Gasteiger partial charge in [0.05, 0.1) is 5.56 Å². The van der Waals surface area contributed by atoms with Crippen LogP contribution in [0.15, 0.2) is 29.2 Å². The van der Waals surface area contributed by atoms with E-state index in [-0.39, 0.29) is 18.7 Å². The molecule has 2 rings (SSSR count). The predicted octanol–water partition coefficient (Wildman–Crippen LogP) is 1.77. The number of aliphatic carboxylic acids is 1. The summed E-state index contributed by atoms with van der Waals surface area (Å²) in [7, 11) is 0. The molecule has 1 heterocycles. The summed E-state index contributed by atoms with van der Waals surface area (Å²) in [5.41, 5.74) is -0.715. The van der Waals surface area contributed by atoms with E-state index in [9.17, 15) is 14.7 Å². The van der Waals surface area contributed by atoms with Crippen LogP contribution in [-0.4, -0.2) is 42.0 Å². The Morgan fingerprint density at radius 1 is 1.30 bits per heavy atom. The van der Waals surface area contributed by atoms with Crippen molar-refractivity contribution in [3.8, 4) is 0 Å². The number of carboxylic acids is 1. The normalized spacial score (nSPS) is 17.4. The van der Waals surface area contributed by atoms with Gasteiger partial charge in [0.2, 0.25) is 0 Å². The summed E-state index contributed by atoms with van der Waals surface area (Å²) in [6, 6.07) is 7.17. The van der Waals surface area contributed by atoms with Crippen LogP contribution in [0.4, 0.5) is 0 Å². The molecule has 0 unspecified atom stereocenters. The van der Waals surface area contributed by atoms with Crippen LogP contribution >= 0.6 is 11.8 Å². The topological polar surface area (TPSA) is 75.6 Å². The van der Waals surface area contributed by atoms with Crippen LogP contribution < -0.4 is 5.32 Å². The number of hydrogen-bond acceptors (Lipinski definition) is 4. The molecule has 0 saturated carbocycles.